The number of rotatable bonds is 5. The summed E-state index contributed by atoms with van der Waals surface area (Å²) >= 11 is 0. The van der Waals surface area contributed by atoms with E-state index in [9.17, 15) is 4.79 Å². The first-order chi connectivity index (χ1) is 9.19. The number of carbonyl (C=O) groups is 1. The van der Waals surface area contributed by atoms with Crippen molar-refractivity contribution in [3.63, 3.8) is 0 Å². The van der Waals surface area contributed by atoms with E-state index in [1.165, 1.54) is 6.08 Å². The number of hydrogen-bond acceptors (Lipinski definition) is 4. The second kappa shape index (κ2) is 6.24. The number of methoxy groups -OCH3 is 1. The quantitative estimate of drug-likeness (QED) is 0.823. The molecule has 19 heavy (non-hydrogen) atoms. The molecule has 0 amide bonds. The summed E-state index contributed by atoms with van der Waals surface area (Å²) < 4.78 is 16.3. The fourth-order valence-corrected chi connectivity index (χ4v) is 1.84. The van der Waals surface area contributed by atoms with Crippen LogP contribution in [0.3, 0.4) is 0 Å². The van der Waals surface area contributed by atoms with Crippen molar-refractivity contribution in [2.75, 3.05) is 20.3 Å². The third-order valence-electron chi connectivity index (χ3n) is 2.79. The molecular formula is C14H16O5. The summed E-state index contributed by atoms with van der Waals surface area (Å²) in [5, 5.41) is 8.62. The highest BCUT2D eigenvalue weighted by atomic mass is 16.6. The van der Waals surface area contributed by atoms with Crippen molar-refractivity contribution in [2.24, 2.45) is 0 Å². The number of aliphatic carboxylic acids is 1. The maximum atomic E-state index is 10.5. The van der Waals surface area contributed by atoms with Gasteiger partial charge in [-0.1, -0.05) is 6.07 Å². The molecule has 5 heteroatoms. The van der Waals surface area contributed by atoms with Crippen LogP contribution in [0.1, 0.15) is 12.0 Å². The van der Waals surface area contributed by atoms with Gasteiger partial charge >= 0.3 is 5.97 Å². The van der Waals surface area contributed by atoms with E-state index < -0.39 is 5.97 Å². The van der Waals surface area contributed by atoms with E-state index >= 15 is 0 Å². The minimum absolute atomic E-state index is 0.0209. The number of carboxylic acid groups (broad SMARTS) is 1. The predicted octanol–water partition coefficient (Wildman–Crippen LogP) is 1.96. The zero-order valence-electron chi connectivity index (χ0n) is 10.7. The van der Waals surface area contributed by atoms with Crippen molar-refractivity contribution in [3.8, 4) is 11.5 Å². The van der Waals surface area contributed by atoms with Crippen molar-refractivity contribution in [1.29, 1.82) is 0 Å². The summed E-state index contributed by atoms with van der Waals surface area (Å²) in [4.78, 5) is 10.5. The number of ether oxygens (including phenoxy) is 3. The van der Waals surface area contributed by atoms with Crippen LogP contribution in [0.5, 0.6) is 11.5 Å². The van der Waals surface area contributed by atoms with Crippen molar-refractivity contribution in [2.45, 2.75) is 12.5 Å². The Morgan fingerprint density at radius 1 is 1.47 bits per heavy atom. The zero-order chi connectivity index (χ0) is 13.7. The lowest BCUT2D eigenvalue weighted by molar-refractivity contribution is -0.131. The van der Waals surface area contributed by atoms with Crippen LogP contribution in [-0.4, -0.2) is 37.5 Å². The Hall–Kier alpha value is -2.01. The molecule has 1 N–H and O–H groups in total. The second-order valence-electron chi connectivity index (χ2n) is 4.19. The third kappa shape index (κ3) is 3.72. The Morgan fingerprint density at radius 2 is 2.32 bits per heavy atom. The molecule has 1 atom stereocenters. The van der Waals surface area contributed by atoms with Gasteiger partial charge in [0.2, 0.25) is 0 Å². The van der Waals surface area contributed by atoms with E-state index in [2.05, 4.69) is 0 Å². The molecule has 1 unspecified atom stereocenters. The summed E-state index contributed by atoms with van der Waals surface area (Å²) in [6.45, 7) is 1.27. The average Bonchev–Trinajstić information content (AvgIpc) is 2.89. The molecule has 0 aliphatic carbocycles. The third-order valence-corrected chi connectivity index (χ3v) is 2.79. The molecule has 1 heterocycles. The van der Waals surface area contributed by atoms with Crippen LogP contribution in [0.4, 0.5) is 0 Å². The van der Waals surface area contributed by atoms with E-state index in [1.807, 2.05) is 0 Å². The lowest BCUT2D eigenvalue weighted by Crippen LogP contribution is -2.16. The van der Waals surface area contributed by atoms with Gasteiger partial charge in [0, 0.05) is 12.5 Å². The van der Waals surface area contributed by atoms with E-state index in [0.29, 0.717) is 24.7 Å². The lowest BCUT2D eigenvalue weighted by Gasteiger charge is -2.15. The largest absolute Gasteiger partial charge is 0.493 e. The smallest absolute Gasteiger partial charge is 0.328 e. The van der Waals surface area contributed by atoms with Crippen LogP contribution in [0.15, 0.2) is 24.3 Å². The van der Waals surface area contributed by atoms with Crippen LogP contribution < -0.4 is 9.47 Å². The van der Waals surface area contributed by atoms with Crippen LogP contribution >= 0.6 is 0 Å². The minimum Gasteiger partial charge on any atom is -0.493 e. The van der Waals surface area contributed by atoms with Gasteiger partial charge in [-0.15, -0.1) is 0 Å². The van der Waals surface area contributed by atoms with E-state index in [1.54, 1.807) is 25.3 Å². The van der Waals surface area contributed by atoms with Gasteiger partial charge in [0.15, 0.2) is 11.5 Å². The van der Waals surface area contributed by atoms with Crippen molar-refractivity contribution in [3.05, 3.63) is 29.8 Å². The van der Waals surface area contributed by atoms with Crippen LogP contribution in [-0.2, 0) is 9.53 Å². The molecule has 1 aliphatic rings. The molecule has 1 aromatic carbocycles. The van der Waals surface area contributed by atoms with Crippen molar-refractivity contribution in [1.82, 2.24) is 0 Å². The molecule has 1 fully saturated rings. The first-order valence-electron chi connectivity index (χ1n) is 6.02. The van der Waals surface area contributed by atoms with Gasteiger partial charge in [-0.3, -0.25) is 0 Å². The Balaban J connectivity index is 2.17. The van der Waals surface area contributed by atoms with Crippen LogP contribution in [0, 0.1) is 0 Å². The maximum absolute atomic E-state index is 10.5. The first-order valence-corrected chi connectivity index (χ1v) is 6.02. The van der Waals surface area contributed by atoms with Crippen molar-refractivity contribution < 1.29 is 24.1 Å². The summed E-state index contributed by atoms with van der Waals surface area (Å²) in [7, 11) is 1.57. The fraction of sp³-hybridized carbons (Fsp3) is 0.357. The molecule has 102 valence electrons. The second-order valence-corrected chi connectivity index (χ2v) is 4.19. The van der Waals surface area contributed by atoms with Crippen molar-refractivity contribution >= 4 is 12.0 Å². The molecule has 1 aliphatic heterocycles. The SMILES string of the molecule is COc1ccc(/C=C/C(=O)O)cc1OC1CCOC1. The van der Waals surface area contributed by atoms with Crippen LogP contribution in [0.25, 0.3) is 6.08 Å². The van der Waals surface area contributed by atoms with Gasteiger partial charge in [0.1, 0.15) is 6.10 Å². The Morgan fingerprint density at radius 3 is 2.95 bits per heavy atom. The molecular weight excluding hydrogens is 248 g/mol. The summed E-state index contributed by atoms with van der Waals surface area (Å²) in [5.74, 6) is 0.243. The Labute approximate surface area is 111 Å². The zero-order valence-corrected chi connectivity index (χ0v) is 10.7. The van der Waals surface area contributed by atoms with Gasteiger partial charge in [-0.05, 0) is 23.8 Å². The Bertz CT molecular complexity index is 475. The molecule has 0 saturated carbocycles. The van der Waals surface area contributed by atoms with Gasteiger partial charge in [-0.25, -0.2) is 4.79 Å². The number of benzene rings is 1. The van der Waals surface area contributed by atoms with Gasteiger partial charge in [-0.2, -0.15) is 0 Å². The highest BCUT2D eigenvalue weighted by Gasteiger charge is 2.19. The predicted molar refractivity (Wildman–Crippen MR) is 69.5 cm³/mol. The van der Waals surface area contributed by atoms with E-state index in [-0.39, 0.29) is 6.10 Å². The summed E-state index contributed by atoms with van der Waals surface area (Å²) in [6, 6.07) is 5.29. The van der Waals surface area contributed by atoms with Crippen LogP contribution in [0.2, 0.25) is 0 Å². The fourth-order valence-electron chi connectivity index (χ4n) is 1.84. The average molecular weight is 264 g/mol. The normalized spacial score (nSPS) is 18.7. The molecule has 0 aromatic heterocycles. The molecule has 1 aromatic rings. The monoisotopic (exact) mass is 264 g/mol. The molecule has 2 rings (SSSR count). The highest BCUT2D eigenvalue weighted by Crippen LogP contribution is 2.30. The maximum Gasteiger partial charge on any atom is 0.328 e. The van der Waals surface area contributed by atoms with Gasteiger partial charge in [0.25, 0.3) is 0 Å². The first kappa shape index (κ1) is 13.4. The molecule has 5 nitrogen and oxygen atoms in total. The van der Waals surface area contributed by atoms with Gasteiger partial charge < -0.3 is 19.3 Å². The van der Waals surface area contributed by atoms with E-state index in [0.717, 1.165) is 18.1 Å². The molecule has 0 radical (unpaired) electrons. The standard InChI is InChI=1S/C14H16O5/c1-17-12-4-2-10(3-5-14(15)16)8-13(12)19-11-6-7-18-9-11/h2-5,8,11H,6-7,9H2,1H3,(H,15,16)/b5-3+. The number of carboxylic acids is 1. The molecule has 1 saturated heterocycles. The Kier molecular flexibility index (Phi) is 4.41. The molecule has 0 bridgehead atoms. The van der Waals surface area contributed by atoms with Gasteiger partial charge in [0.05, 0.1) is 20.3 Å². The highest BCUT2D eigenvalue weighted by molar-refractivity contribution is 5.85. The summed E-state index contributed by atoms with van der Waals surface area (Å²) in [6.07, 6.45) is 3.47. The number of hydrogen-bond donors (Lipinski definition) is 1. The lowest BCUT2D eigenvalue weighted by atomic mass is 10.2. The minimum atomic E-state index is -0.984. The summed E-state index contributed by atoms with van der Waals surface area (Å²) in [5.41, 5.74) is 0.747. The van der Waals surface area contributed by atoms with E-state index in [4.69, 9.17) is 19.3 Å². The topological polar surface area (TPSA) is 65.0 Å². The molecule has 0 spiro atoms.